The molecule has 0 radical (unpaired) electrons. The Bertz CT molecular complexity index is 1150. The summed E-state index contributed by atoms with van der Waals surface area (Å²) >= 11 is 0. The third-order valence-corrected chi connectivity index (χ3v) is 6.19. The van der Waals surface area contributed by atoms with E-state index in [1.807, 2.05) is 24.3 Å². The number of amides is 1. The van der Waals surface area contributed by atoms with Gasteiger partial charge in [0.25, 0.3) is 5.91 Å². The number of esters is 1. The zero-order valence-corrected chi connectivity index (χ0v) is 19.7. The van der Waals surface area contributed by atoms with Crippen LogP contribution in [0, 0.1) is 11.7 Å². The Morgan fingerprint density at radius 3 is 2.47 bits per heavy atom. The van der Waals surface area contributed by atoms with E-state index in [2.05, 4.69) is 24.1 Å². The fourth-order valence-electron chi connectivity index (χ4n) is 4.53. The van der Waals surface area contributed by atoms with Gasteiger partial charge in [0.1, 0.15) is 5.82 Å². The van der Waals surface area contributed by atoms with Crippen molar-refractivity contribution >= 4 is 22.8 Å². The maximum Gasteiger partial charge on any atom is 0.340 e. The van der Waals surface area contributed by atoms with Crippen LogP contribution in [-0.4, -0.2) is 22.9 Å². The van der Waals surface area contributed by atoms with Gasteiger partial charge in [0, 0.05) is 22.7 Å². The van der Waals surface area contributed by atoms with Crippen LogP contribution in [0.2, 0.25) is 0 Å². The van der Waals surface area contributed by atoms with Crippen molar-refractivity contribution in [3.05, 3.63) is 77.2 Å². The zero-order valence-electron chi connectivity index (χ0n) is 19.7. The van der Waals surface area contributed by atoms with Gasteiger partial charge in [-0.25, -0.2) is 9.18 Å². The number of ether oxygens (including phenoxy) is 1. The quantitative estimate of drug-likeness (QED) is 0.443. The van der Waals surface area contributed by atoms with Gasteiger partial charge in [-0.1, -0.05) is 63.4 Å². The molecule has 1 saturated carbocycles. The molecule has 2 aromatic carbocycles. The highest BCUT2D eigenvalue weighted by Gasteiger charge is 2.29. The van der Waals surface area contributed by atoms with E-state index >= 15 is 0 Å². The van der Waals surface area contributed by atoms with Gasteiger partial charge in [0.15, 0.2) is 0 Å². The molecule has 0 spiro atoms. The average molecular weight is 463 g/mol. The Kier molecular flexibility index (Phi) is 7.56. The van der Waals surface area contributed by atoms with Crippen LogP contribution in [0.3, 0.4) is 0 Å². The molecule has 6 heteroatoms. The largest absolute Gasteiger partial charge is 0.444 e. The first-order valence-electron chi connectivity index (χ1n) is 12.1. The summed E-state index contributed by atoms with van der Waals surface area (Å²) in [7, 11) is 0. The normalized spacial score (nSPS) is 15.3. The van der Waals surface area contributed by atoms with E-state index in [-0.39, 0.29) is 11.9 Å². The van der Waals surface area contributed by atoms with Crippen molar-refractivity contribution in [2.24, 2.45) is 5.92 Å². The van der Waals surface area contributed by atoms with E-state index in [1.165, 1.54) is 24.3 Å². The molecule has 3 aromatic rings. The van der Waals surface area contributed by atoms with Crippen LogP contribution in [0.25, 0.3) is 10.9 Å². The van der Waals surface area contributed by atoms with E-state index in [0.717, 1.165) is 37.8 Å². The molecular weight excluding hydrogens is 431 g/mol. The van der Waals surface area contributed by atoms with Crippen molar-refractivity contribution in [3.8, 4) is 0 Å². The number of nitrogens with zero attached hydrogens (tertiary/aromatic N) is 1. The third-order valence-electron chi connectivity index (χ3n) is 6.19. The van der Waals surface area contributed by atoms with E-state index in [0.29, 0.717) is 34.4 Å². The summed E-state index contributed by atoms with van der Waals surface area (Å²) < 4.78 is 19.4. The van der Waals surface area contributed by atoms with E-state index in [9.17, 15) is 14.0 Å². The van der Waals surface area contributed by atoms with Gasteiger partial charge in [0.2, 0.25) is 6.10 Å². The monoisotopic (exact) mass is 462 g/mol. The minimum Gasteiger partial charge on any atom is -0.444 e. The van der Waals surface area contributed by atoms with Gasteiger partial charge < -0.3 is 10.1 Å². The first kappa shape index (κ1) is 23.9. The summed E-state index contributed by atoms with van der Waals surface area (Å²) in [6.07, 6.45) is 4.65. The highest BCUT2D eigenvalue weighted by molar-refractivity contribution is 6.04. The maximum absolute atomic E-state index is 13.6. The molecule has 1 amide bonds. The van der Waals surface area contributed by atoms with Crippen molar-refractivity contribution in [3.63, 3.8) is 0 Å². The number of pyridine rings is 1. The number of fused-ring (bicyclic) bond motifs is 1. The number of hydrogen-bond acceptors (Lipinski definition) is 4. The van der Waals surface area contributed by atoms with Gasteiger partial charge in [-0.05, 0) is 49.4 Å². The number of aromatic nitrogens is 1. The summed E-state index contributed by atoms with van der Waals surface area (Å²) in [6, 6.07) is 14.7. The Labute approximate surface area is 199 Å². The van der Waals surface area contributed by atoms with Crippen LogP contribution in [-0.2, 0) is 16.0 Å². The number of nitrogens with one attached hydrogen (secondary N) is 1. The SMILES string of the molecule is CC(C)Cc1cc(C(=O)OC(C(=O)NC2CCCCC2)c2ccc(F)cc2)c2ccccc2n1. The Balaban J connectivity index is 1.65. The molecule has 1 aromatic heterocycles. The third kappa shape index (κ3) is 5.79. The number of carbonyl (C=O) groups excluding carboxylic acids is 2. The number of benzene rings is 2. The highest BCUT2D eigenvalue weighted by atomic mass is 19.1. The van der Waals surface area contributed by atoms with Crippen LogP contribution >= 0.6 is 0 Å². The second-order valence-corrected chi connectivity index (χ2v) is 9.46. The fraction of sp³-hybridized carbons (Fsp3) is 0.393. The molecule has 0 saturated heterocycles. The number of para-hydroxylation sites is 1. The molecule has 1 heterocycles. The van der Waals surface area contributed by atoms with Crippen LogP contribution in [0.15, 0.2) is 54.6 Å². The van der Waals surface area contributed by atoms with Crippen LogP contribution in [0.4, 0.5) is 4.39 Å². The molecule has 1 aliphatic carbocycles. The summed E-state index contributed by atoms with van der Waals surface area (Å²) in [5, 5.41) is 3.71. The average Bonchev–Trinajstić information content (AvgIpc) is 2.82. The van der Waals surface area contributed by atoms with E-state index < -0.39 is 17.9 Å². The first-order valence-corrected chi connectivity index (χ1v) is 12.1. The van der Waals surface area contributed by atoms with Crippen molar-refractivity contribution in [2.75, 3.05) is 0 Å². The second-order valence-electron chi connectivity index (χ2n) is 9.46. The molecule has 0 aliphatic heterocycles. The number of carbonyl (C=O) groups is 2. The lowest BCUT2D eigenvalue weighted by molar-refractivity contribution is -0.131. The predicted molar refractivity (Wildman–Crippen MR) is 130 cm³/mol. The molecule has 1 atom stereocenters. The Morgan fingerprint density at radius 1 is 1.06 bits per heavy atom. The molecule has 1 fully saturated rings. The molecule has 178 valence electrons. The lowest BCUT2D eigenvalue weighted by Crippen LogP contribution is -2.40. The van der Waals surface area contributed by atoms with Gasteiger partial charge >= 0.3 is 5.97 Å². The first-order chi connectivity index (χ1) is 16.4. The van der Waals surface area contributed by atoms with Gasteiger partial charge in [-0.2, -0.15) is 0 Å². The number of halogens is 1. The van der Waals surface area contributed by atoms with Crippen LogP contribution in [0.5, 0.6) is 0 Å². The minimum absolute atomic E-state index is 0.0577. The summed E-state index contributed by atoms with van der Waals surface area (Å²) in [6.45, 7) is 4.18. The molecular formula is C28H31FN2O3. The van der Waals surface area contributed by atoms with Gasteiger partial charge in [-0.15, -0.1) is 0 Å². The van der Waals surface area contributed by atoms with Crippen molar-refractivity contribution < 1.29 is 18.7 Å². The summed E-state index contributed by atoms with van der Waals surface area (Å²) in [5.74, 6) is -1.03. The van der Waals surface area contributed by atoms with Gasteiger partial charge in [-0.3, -0.25) is 9.78 Å². The summed E-state index contributed by atoms with van der Waals surface area (Å²) in [4.78, 5) is 31.4. The highest BCUT2D eigenvalue weighted by Crippen LogP contribution is 2.26. The maximum atomic E-state index is 13.6. The Morgan fingerprint density at radius 2 is 1.76 bits per heavy atom. The van der Waals surface area contributed by atoms with Crippen LogP contribution < -0.4 is 5.32 Å². The standard InChI is InChI=1S/C28H31FN2O3/c1-18(2)16-22-17-24(23-10-6-7-11-25(23)30-22)28(33)34-26(19-12-14-20(29)15-13-19)27(32)31-21-8-4-3-5-9-21/h6-7,10-15,17-18,21,26H,3-5,8-9,16H2,1-2H3,(H,31,32). The Hall–Kier alpha value is -3.28. The van der Waals surface area contributed by atoms with E-state index in [1.54, 1.807) is 6.07 Å². The van der Waals surface area contributed by atoms with Gasteiger partial charge in [0.05, 0.1) is 11.1 Å². The minimum atomic E-state index is -1.17. The molecule has 1 N–H and O–H groups in total. The topological polar surface area (TPSA) is 68.3 Å². The van der Waals surface area contributed by atoms with Crippen LogP contribution in [0.1, 0.15) is 73.7 Å². The lowest BCUT2D eigenvalue weighted by atomic mass is 9.95. The van der Waals surface area contributed by atoms with E-state index in [4.69, 9.17) is 4.74 Å². The molecule has 34 heavy (non-hydrogen) atoms. The molecule has 1 aliphatic rings. The molecule has 5 nitrogen and oxygen atoms in total. The zero-order chi connectivity index (χ0) is 24.1. The van der Waals surface area contributed by atoms with Crippen molar-refractivity contribution in [2.45, 2.75) is 64.5 Å². The van der Waals surface area contributed by atoms with Crippen molar-refractivity contribution in [1.29, 1.82) is 0 Å². The smallest absolute Gasteiger partial charge is 0.340 e. The lowest BCUT2D eigenvalue weighted by Gasteiger charge is -2.26. The number of hydrogen-bond donors (Lipinski definition) is 1. The number of rotatable bonds is 7. The summed E-state index contributed by atoms with van der Waals surface area (Å²) in [5.41, 5.74) is 2.31. The second kappa shape index (κ2) is 10.8. The fourth-order valence-corrected chi connectivity index (χ4v) is 4.53. The molecule has 1 unspecified atom stereocenters. The molecule has 0 bridgehead atoms. The molecule has 4 rings (SSSR count). The van der Waals surface area contributed by atoms with Crippen molar-refractivity contribution in [1.82, 2.24) is 10.3 Å². The predicted octanol–water partition coefficient (Wildman–Crippen LogP) is 5.92.